The molecule has 1 atom stereocenters. The third kappa shape index (κ3) is 3.37. The summed E-state index contributed by atoms with van der Waals surface area (Å²) in [7, 11) is 1.69. The van der Waals surface area contributed by atoms with Gasteiger partial charge in [-0.2, -0.15) is 0 Å². The summed E-state index contributed by atoms with van der Waals surface area (Å²) in [6, 6.07) is 7.93. The molecule has 0 fully saturated rings. The van der Waals surface area contributed by atoms with E-state index < -0.39 is 6.10 Å². The van der Waals surface area contributed by atoms with Crippen LogP contribution in [0.4, 0.5) is 0 Å². The lowest BCUT2D eigenvalue weighted by Crippen LogP contribution is -1.99. The van der Waals surface area contributed by atoms with E-state index in [1.54, 1.807) is 7.11 Å². The number of ether oxygens (including phenoxy) is 1. The summed E-state index contributed by atoms with van der Waals surface area (Å²) in [5.74, 6) is 0. The van der Waals surface area contributed by atoms with Crippen molar-refractivity contribution in [3.63, 3.8) is 0 Å². The average Bonchev–Trinajstić information content (AvgIpc) is 2.76. The molecule has 102 valence electrons. The standard InChI is InChI=1S/C15H17ClO2S/c1-10-9-19-15(13(10)16)14(17)12-5-3-11(4-6-12)7-8-18-2/h3-6,9,14,17H,7-8H2,1-2H3. The van der Waals surface area contributed by atoms with Gasteiger partial charge in [-0.3, -0.25) is 0 Å². The smallest absolute Gasteiger partial charge is 0.115 e. The molecular formula is C15H17ClO2S. The Balaban J connectivity index is 2.15. The Bertz CT molecular complexity index is 534. The van der Waals surface area contributed by atoms with Gasteiger partial charge in [-0.05, 0) is 35.4 Å². The first-order chi connectivity index (χ1) is 9.13. The third-order valence-electron chi connectivity index (χ3n) is 3.06. The van der Waals surface area contributed by atoms with Crippen molar-refractivity contribution in [2.45, 2.75) is 19.4 Å². The van der Waals surface area contributed by atoms with Crippen LogP contribution in [0.2, 0.25) is 5.02 Å². The summed E-state index contributed by atoms with van der Waals surface area (Å²) >= 11 is 7.68. The minimum atomic E-state index is -0.650. The maximum atomic E-state index is 10.4. The zero-order valence-electron chi connectivity index (χ0n) is 11.0. The van der Waals surface area contributed by atoms with Crippen molar-refractivity contribution < 1.29 is 9.84 Å². The van der Waals surface area contributed by atoms with Crippen LogP contribution in [-0.2, 0) is 11.2 Å². The van der Waals surface area contributed by atoms with E-state index in [4.69, 9.17) is 16.3 Å². The maximum Gasteiger partial charge on any atom is 0.115 e. The summed E-state index contributed by atoms with van der Waals surface area (Å²) in [4.78, 5) is 0.809. The number of hydrogen-bond donors (Lipinski definition) is 1. The molecule has 1 aromatic heterocycles. The SMILES string of the molecule is COCCc1ccc(C(O)c2scc(C)c2Cl)cc1. The molecule has 19 heavy (non-hydrogen) atoms. The topological polar surface area (TPSA) is 29.5 Å². The van der Waals surface area contributed by atoms with E-state index in [0.29, 0.717) is 11.6 Å². The number of aliphatic hydroxyl groups is 1. The molecule has 0 radical (unpaired) electrons. The van der Waals surface area contributed by atoms with E-state index >= 15 is 0 Å². The minimum absolute atomic E-state index is 0.650. The van der Waals surface area contributed by atoms with Gasteiger partial charge in [-0.1, -0.05) is 35.9 Å². The van der Waals surface area contributed by atoms with Gasteiger partial charge >= 0.3 is 0 Å². The van der Waals surface area contributed by atoms with Crippen LogP contribution in [0.15, 0.2) is 29.6 Å². The highest BCUT2D eigenvalue weighted by Gasteiger charge is 2.17. The van der Waals surface area contributed by atoms with Gasteiger partial charge in [0.1, 0.15) is 6.10 Å². The number of thiophene rings is 1. The van der Waals surface area contributed by atoms with Crippen LogP contribution in [0.25, 0.3) is 0 Å². The molecule has 2 rings (SSSR count). The van der Waals surface area contributed by atoms with E-state index in [2.05, 4.69) is 0 Å². The Morgan fingerprint density at radius 3 is 2.53 bits per heavy atom. The average molecular weight is 297 g/mol. The Morgan fingerprint density at radius 1 is 1.32 bits per heavy atom. The number of rotatable bonds is 5. The molecule has 0 aliphatic heterocycles. The monoisotopic (exact) mass is 296 g/mol. The molecule has 0 amide bonds. The van der Waals surface area contributed by atoms with Crippen molar-refractivity contribution >= 4 is 22.9 Å². The van der Waals surface area contributed by atoms with Gasteiger partial charge in [0.05, 0.1) is 16.5 Å². The number of benzene rings is 1. The number of aryl methyl sites for hydroxylation is 1. The van der Waals surface area contributed by atoms with Crippen LogP contribution in [0.1, 0.15) is 27.7 Å². The molecule has 0 bridgehead atoms. The predicted octanol–water partition coefficient (Wildman–Crippen LogP) is 3.98. The zero-order valence-corrected chi connectivity index (χ0v) is 12.6. The Hall–Kier alpha value is -0.870. The zero-order chi connectivity index (χ0) is 13.8. The number of aliphatic hydroxyl groups excluding tert-OH is 1. The van der Waals surface area contributed by atoms with Crippen LogP contribution in [0, 0.1) is 6.92 Å². The fourth-order valence-electron chi connectivity index (χ4n) is 1.87. The van der Waals surface area contributed by atoms with Crippen molar-refractivity contribution in [2.24, 2.45) is 0 Å². The Kier molecular flexibility index (Phi) is 4.99. The lowest BCUT2D eigenvalue weighted by Gasteiger charge is -2.11. The van der Waals surface area contributed by atoms with E-state index in [-0.39, 0.29) is 0 Å². The van der Waals surface area contributed by atoms with Gasteiger partial charge < -0.3 is 9.84 Å². The predicted molar refractivity (Wildman–Crippen MR) is 80.1 cm³/mol. The molecule has 1 N–H and O–H groups in total. The summed E-state index contributed by atoms with van der Waals surface area (Å²) in [6.45, 7) is 2.65. The molecule has 0 aliphatic carbocycles. The second-order valence-corrected chi connectivity index (χ2v) is 5.77. The molecule has 0 spiro atoms. The summed E-state index contributed by atoms with van der Waals surface area (Å²) in [6.07, 6.45) is 0.230. The molecular weight excluding hydrogens is 280 g/mol. The van der Waals surface area contributed by atoms with E-state index in [1.807, 2.05) is 36.6 Å². The lowest BCUT2D eigenvalue weighted by molar-refractivity contribution is 0.202. The van der Waals surface area contributed by atoms with E-state index in [1.165, 1.54) is 16.9 Å². The largest absolute Gasteiger partial charge is 0.384 e. The fraction of sp³-hybridized carbons (Fsp3) is 0.333. The van der Waals surface area contributed by atoms with Gasteiger partial charge in [0.2, 0.25) is 0 Å². The van der Waals surface area contributed by atoms with Crippen LogP contribution in [0.3, 0.4) is 0 Å². The summed E-state index contributed by atoms with van der Waals surface area (Å²) in [5.41, 5.74) is 3.08. The molecule has 2 nitrogen and oxygen atoms in total. The highest BCUT2D eigenvalue weighted by Crippen LogP contribution is 2.35. The summed E-state index contributed by atoms with van der Waals surface area (Å²) in [5, 5.41) is 13.0. The second kappa shape index (κ2) is 6.53. The molecule has 4 heteroatoms. The van der Waals surface area contributed by atoms with Crippen LogP contribution < -0.4 is 0 Å². The minimum Gasteiger partial charge on any atom is -0.384 e. The van der Waals surface area contributed by atoms with Crippen molar-refractivity contribution in [3.8, 4) is 0 Å². The molecule has 2 aromatic rings. The Morgan fingerprint density at radius 2 is 2.00 bits per heavy atom. The van der Waals surface area contributed by atoms with Gasteiger partial charge in [0.25, 0.3) is 0 Å². The van der Waals surface area contributed by atoms with Crippen molar-refractivity contribution in [1.29, 1.82) is 0 Å². The van der Waals surface area contributed by atoms with E-state index in [0.717, 1.165) is 22.4 Å². The van der Waals surface area contributed by atoms with Crippen LogP contribution in [-0.4, -0.2) is 18.8 Å². The lowest BCUT2D eigenvalue weighted by atomic mass is 10.0. The van der Waals surface area contributed by atoms with Crippen molar-refractivity contribution in [2.75, 3.05) is 13.7 Å². The molecule has 0 saturated heterocycles. The Labute approximate surface area is 122 Å². The first-order valence-electron chi connectivity index (χ1n) is 6.12. The molecule has 0 aliphatic rings. The normalized spacial score (nSPS) is 12.6. The number of hydrogen-bond acceptors (Lipinski definition) is 3. The third-order valence-corrected chi connectivity index (χ3v) is 4.83. The highest BCUT2D eigenvalue weighted by molar-refractivity contribution is 7.10. The fourth-order valence-corrected chi connectivity index (χ4v) is 3.18. The van der Waals surface area contributed by atoms with Gasteiger partial charge in [0.15, 0.2) is 0 Å². The number of methoxy groups -OCH3 is 1. The number of halogens is 1. The molecule has 1 aromatic carbocycles. The van der Waals surface area contributed by atoms with Crippen molar-refractivity contribution in [1.82, 2.24) is 0 Å². The van der Waals surface area contributed by atoms with Gasteiger partial charge in [-0.25, -0.2) is 0 Å². The molecule has 1 unspecified atom stereocenters. The van der Waals surface area contributed by atoms with Crippen molar-refractivity contribution in [3.05, 3.63) is 56.2 Å². The van der Waals surface area contributed by atoms with E-state index in [9.17, 15) is 5.11 Å². The van der Waals surface area contributed by atoms with Crippen LogP contribution >= 0.6 is 22.9 Å². The summed E-state index contributed by atoms with van der Waals surface area (Å²) < 4.78 is 5.05. The first kappa shape index (κ1) is 14.5. The quantitative estimate of drug-likeness (QED) is 0.904. The van der Waals surface area contributed by atoms with Crippen LogP contribution in [0.5, 0.6) is 0 Å². The molecule has 1 heterocycles. The highest BCUT2D eigenvalue weighted by atomic mass is 35.5. The van der Waals surface area contributed by atoms with Gasteiger partial charge in [-0.15, -0.1) is 11.3 Å². The molecule has 0 saturated carbocycles. The van der Waals surface area contributed by atoms with Gasteiger partial charge in [0, 0.05) is 7.11 Å². The maximum absolute atomic E-state index is 10.4. The first-order valence-corrected chi connectivity index (χ1v) is 7.38. The second-order valence-electron chi connectivity index (χ2n) is 4.48.